The fraction of sp³-hybridized carbons (Fsp3) is 0.600. The molecule has 0 aliphatic carbocycles. The highest BCUT2D eigenvalue weighted by atomic mass is 16.5. The largest absolute Gasteiger partial charge is 0.494 e. The fourth-order valence-electron chi connectivity index (χ4n) is 2.67. The zero-order valence-corrected chi connectivity index (χ0v) is 17.2. The summed E-state index contributed by atoms with van der Waals surface area (Å²) in [7, 11) is 1.72. The summed E-state index contributed by atoms with van der Waals surface area (Å²) in [5, 5.41) is 9.46. The van der Waals surface area contributed by atoms with E-state index in [2.05, 4.69) is 34.8 Å². The van der Waals surface area contributed by atoms with E-state index in [0.29, 0.717) is 38.2 Å². The summed E-state index contributed by atoms with van der Waals surface area (Å²) in [6, 6.07) is 7.88. The number of hydrogen-bond acceptors (Lipinski definition) is 4. The Labute approximate surface area is 162 Å². The number of nitrogens with zero attached hydrogens (tertiary/aromatic N) is 1. The van der Waals surface area contributed by atoms with Gasteiger partial charge in [0, 0.05) is 31.7 Å². The van der Waals surface area contributed by atoms with E-state index in [-0.39, 0.29) is 6.04 Å². The number of guanidine groups is 1. The van der Waals surface area contributed by atoms with Crippen LogP contribution in [0.5, 0.6) is 5.75 Å². The molecule has 0 saturated heterocycles. The molecule has 1 atom stereocenters. The summed E-state index contributed by atoms with van der Waals surface area (Å²) in [6.07, 6.45) is 0.453. The first-order chi connectivity index (χ1) is 13.0. The number of carbonyl (C=O) groups is 1. The average Bonchev–Trinajstić information content (AvgIpc) is 2.62. The summed E-state index contributed by atoms with van der Waals surface area (Å²) >= 11 is 0. The molecule has 0 bridgehead atoms. The Morgan fingerprint density at radius 1 is 1.15 bits per heavy atom. The second kappa shape index (κ2) is 12.8. The summed E-state index contributed by atoms with van der Waals surface area (Å²) in [6.45, 7) is 10.1. The van der Waals surface area contributed by atoms with Crippen LogP contribution in [0.2, 0.25) is 0 Å². The predicted molar refractivity (Wildman–Crippen MR) is 109 cm³/mol. The number of ether oxygens (including phenoxy) is 2. The van der Waals surface area contributed by atoms with Crippen molar-refractivity contribution < 1.29 is 14.3 Å². The lowest BCUT2D eigenvalue weighted by Crippen LogP contribution is -2.47. The molecule has 3 N–H and O–H groups in total. The lowest BCUT2D eigenvalue weighted by molar-refractivity contribution is 0.146. The van der Waals surface area contributed by atoms with Crippen molar-refractivity contribution in [3.8, 4) is 5.75 Å². The highest BCUT2D eigenvalue weighted by Crippen LogP contribution is 2.17. The number of alkyl carbamates (subject to hydrolysis) is 1. The van der Waals surface area contributed by atoms with Gasteiger partial charge in [0.1, 0.15) is 5.75 Å². The van der Waals surface area contributed by atoms with E-state index >= 15 is 0 Å². The molecule has 1 rings (SSSR count). The zero-order valence-electron chi connectivity index (χ0n) is 17.2. The summed E-state index contributed by atoms with van der Waals surface area (Å²) < 4.78 is 10.6. The standard InChI is InChI=1S/C20H34N4O3/c1-6-26-18-11-9-8-10-16(18)13-22-19(21-5)23-14-17(12-15(3)4)24-20(25)27-7-2/h8-11,15,17H,6-7,12-14H2,1-5H3,(H,24,25)(H2,21,22,23). The smallest absolute Gasteiger partial charge is 0.407 e. The normalized spacial score (nSPS) is 12.4. The Hall–Kier alpha value is -2.44. The van der Waals surface area contributed by atoms with Crippen molar-refractivity contribution in [3.63, 3.8) is 0 Å². The molecule has 0 aromatic heterocycles. The first-order valence-corrected chi connectivity index (χ1v) is 9.58. The number of carbonyl (C=O) groups excluding carboxylic acids is 1. The molecule has 152 valence electrons. The number of rotatable bonds is 10. The first-order valence-electron chi connectivity index (χ1n) is 9.58. The Bertz CT molecular complexity index is 590. The van der Waals surface area contributed by atoms with Gasteiger partial charge in [0.05, 0.1) is 13.2 Å². The van der Waals surface area contributed by atoms with Gasteiger partial charge < -0.3 is 25.4 Å². The van der Waals surface area contributed by atoms with Crippen LogP contribution in [0.1, 0.15) is 39.7 Å². The first kappa shape index (κ1) is 22.6. The van der Waals surface area contributed by atoms with Gasteiger partial charge in [-0.15, -0.1) is 0 Å². The molecule has 0 fully saturated rings. The maximum Gasteiger partial charge on any atom is 0.407 e. The van der Waals surface area contributed by atoms with Crippen LogP contribution in [-0.2, 0) is 11.3 Å². The Kier molecular flexibility index (Phi) is 10.7. The highest BCUT2D eigenvalue weighted by Gasteiger charge is 2.15. The number of amides is 1. The van der Waals surface area contributed by atoms with Gasteiger partial charge in [0.25, 0.3) is 0 Å². The molecule has 7 nitrogen and oxygen atoms in total. The molecule has 0 spiro atoms. The minimum atomic E-state index is -0.390. The van der Waals surface area contributed by atoms with Crippen molar-refractivity contribution in [3.05, 3.63) is 29.8 Å². The molecular weight excluding hydrogens is 344 g/mol. The van der Waals surface area contributed by atoms with Crippen molar-refractivity contribution in [2.24, 2.45) is 10.9 Å². The summed E-state index contributed by atoms with van der Waals surface area (Å²) in [4.78, 5) is 16.0. The lowest BCUT2D eigenvalue weighted by Gasteiger charge is -2.22. The van der Waals surface area contributed by atoms with Crippen LogP contribution in [-0.4, -0.2) is 44.9 Å². The van der Waals surface area contributed by atoms with Gasteiger partial charge in [-0.25, -0.2) is 4.79 Å². The zero-order chi connectivity index (χ0) is 20.1. The monoisotopic (exact) mass is 378 g/mol. The van der Waals surface area contributed by atoms with Gasteiger partial charge >= 0.3 is 6.09 Å². The maximum absolute atomic E-state index is 11.7. The van der Waals surface area contributed by atoms with Gasteiger partial charge in [0.2, 0.25) is 0 Å². The van der Waals surface area contributed by atoms with Crippen molar-refractivity contribution in [1.29, 1.82) is 0 Å². The molecule has 1 aromatic carbocycles. The molecule has 0 saturated carbocycles. The number of para-hydroxylation sites is 1. The summed E-state index contributed by atoms with van der Waals surface area (Å²) in [5.74, 6) is 1.98. The van der Waals surface area contributed by atoms with E-state index < -0.39 is 6.09 Å². The van der Waals surface area contributed by atoms with E-state index in [9.17, 15) is 4.79 Å². The van der Waals surface area contributed by atoms with Crippen LogP contribution in [0, 0.1) is 5.92 Å². The molecule has 0 aliphatic rings. The van der Waals surface area contributed by atoms with Crippen molar-refractivity contribution in [2.75, 3.05) is 26.8 Å². The Morgan fingerprint density at radius 2 is 1.89 bits per heavy atom. The molecule has 27 heavy (non-hydrogen) atoms. The number of nitrogens with one attached hydrogen (secondary N) is 3. The molecule has 7 heteroatoms. The van der Waals surface area contributed by atoms with Crippen molar-refractivity contribution in [1.82, 2.24) is 16.0 Å². The van der Waals surface area contributed by atoms with E-state index in [1.807, 2.05) is 31.2 Å². The van der Waals surface area contributed by atoms with Crippen LogP contribution in [0.25, 0.3) is 0 Å². The van der Waals surface area contributed by atoms with Gasteiger partial charge in [-0.3, -0.25) is 4.99 Å². The molecular formula is C20H34N4O3. The maximum atomic E-state index is 11.7. The minimum absolute atomic E-state index is 0.0432. The molecule has 0 heterocycles. The van der Waals surface area contributed by atoms with Gasteiger partial charge in [-0.2, -0.15) is 0 Å². The minimum Gasteiger partial charge on any atom is -0.494 e. The van der Waals surface area contributed by atoms with Crippen molar-refractivity contribution >= 4 is 12.1 Å². The second-order valence-electron chi connectivity index (χ2n) is 6.54. The van der Waals surface area contributed by atoms with Gasteiger partial charge in [-0.1, -0.05) is 32.0 Å². The second-order valence-corrected chi connectivity index (χ2v) is 6.54. The van der Waals surface area contributed by atoms with Gasteiger partial charge in [0.15, 0.2) is 5.96 Å². The van der Waals surface area contributed by atoms with Crippen molar-refractivity contribution in [2.45, 2.75) is 46.7 Å². The van der Waals surface area contributed by atoms with Crippen LogP contribution in [0.4, 0.5) is 4.79 Å². The van der Waals surface area contributed by atoms with Crippen LogP contribution in [0.3, 0.4) is 0 Å². The number of hydrogen-bond donors (Lipinski definition) is 3. The Morgan fingerprint density at radius 3 is 2.52 bits per heavy atom. The molecule has 0 aliphatic heterocycles. The van der Waals surface area contributed by atoms with E-state index in [1.54, 1.807) is 14.0 Å². The molecule has 0 radical (unpaired) electrons. The van der Waals surface area contributed by atoms with E-state index in [1.165, 1.54) is 0 Å². The fourth-order valence-corrected chi connectivity index (χ4v) is 2.67. The number of aliphatic imine (C=N–C) groups is 1. The molecule has 1 aromatic rings. The number of benzene rings is 1. The predicted octanol–water partition coefficient (Wildman–Crippen LogP) is 2.91. The van der Waals surface area contributed by atoms with E-state index in [4.69, 9.17) is 9.47 Å². The third-order valence-corrected chi connectivity index (χ3v) is 3.81. The van der Waals surface area contributed by atoms with Crippen LogP contribution >= 0.6 is 0 Å². The van der Waals surface area contributed by atoms with Gasteiger partial charge in [-0.05, 0) is 32.3 Å². The van der Waals surface area contributed by atoms with Crippen LogP contribution in [0.15, 0.2) is 29.3 Å². The third kappa shape index (κ3) is 9.17. The quantitative estimate of drug-likeness (QED) is 0.431. The van der Waals surface area contributed by atoms with Crippen LogP contribution < -0.4 is 20.7 Å². The lowest BCUT2D eigenvalue weighted by atomic mass is 10.0. The molecule has 1 unspecified atom stereocenters. The third-order valence-electron chi connectivity index (χ3n) is 3.81. The topological polar surface area (TPSA) is 84.0 Å². The van der Waals surface area contributed by atoms with E-state index in [0.717, 1.165) is 17.7 Å². The highest BCUT2D eigenvalue weighted by molar-refractivity contribution is 5.79. The Balaban J connectivity index is 2.59. The molecule has 1 amide bonds. The summed E-state index contributed by atoms with van der Waals surface area (Å²) in [5.41, 5.74) is 1.06. The average molecular weight is 379 g/mol. The SMILES string of the molecule is CCOC(=O)NC(CNC(=NC)NCc1ccccc1OCC)CC(C)C.